The highest BCUT2D eigenvalue weighted by molar-refractivity contribution is 7.14. The summed E-state index contributed by atoms with van der Waals surface area (Å²) in [6, 6.07) is 5.70. The van der Waals surface area contributed by atoms with Crippen LogP contribution in [0.2, 0.25) is 0 Å². The van der Waals surface area contributed by atoms with E-state index in [0.29, 0.717) is 42.2 Å². The van der Waals surface area contributed by atoms with Crippen LogP contribution < -0.4 is 14.8 Å². The van der Waals surface area contributed by atoms with Gasteiger partial charge in [0.15, 0.2) is 22.5 Å². The molecule has 1 aliphatic rings. The van der Waals surface area contributed by atoms with Gasteiger partial charge in [0.1, 0.15) is 13.2 Å². The molecule has 1 aromatic carbocycles. The summed E-state index contributed by atoms with van der Waals surface area (Å²) in [5.41, 5.74) is 1.69. The number of hydrogen-bond acceptors (Lipinski definition) is 8. The summed E-state index contributed by atoms with van der Waals surface area (Å²) in [6.45, 7) is 3.15. The first-order valence-electron chi connectivity index (χ1n) is 9.18. The molecule has 0 atom stereocenters. The molecule has 0 radical (unpaired) electrons. The van der Waals surface area contributed by atoms with E-state index in [2.05, 4.69) is 27.4 Å². The highest BCUT2D eigenvalue weighted by Crippen LogP contribution is 2.35. The van der Waals surface area contributed by atoms with E-state index in [0.717, 1.165) is 29.8 Å². The Balaban J connectivity index is 1.34. The number of aryl methyl sites for hydroxylation is 2. The Morgan fingerprint density at radius 1 is 1.18 bits per heavy atom. The van der Waals surface area contributed by atoms with Crippen LogP contribution in [-0.2, 0) is 17.6 Å². The molecule has 0 spiro atoms. The SMILES string of the molecule is CCCc1noc(CCC(=O)Nc2nc(-c3ccc4c(c3)OCCO4)cs2)n1. The van der Waals surface area contributed by atoms with Crippen LogP contribution >= 0.6 is 11.3 Å². The Hall–Kier alpha value is -2.94. The van der Waals surface area contributed by atoms with Gasteiger partial charge in [-0.3, -0.25) is 4.79 Å². The van der Waals surface area contributed by atoms with Gasteiger partial charge in [-0.2, -0.15) is 4.98 Å². The lowest BCUT2D eigenvalue weighted by atomic mass is 10.1. The van der Waals surface area contributed by atoms with E-state index in [1.54, 1.807) is 0 Å². The zero-order valence-electron chi connectivity index (χ0n) is 15.4. The van der Waals surface area contributed by atoms with Gasteiger partial charge in [-0.1, -0.05) is 12.1 Å². The van der Waals surface area contributed by atoms with E-state index in [9.17, 15) is 4.79 Å². The summed E-state index contributed by atoms with van der Waals surface area (Å²) >= 11 is 1.38. The number of benzene rings is 1. The number of nitrogens with one attached hydrogen (secondary N) is 1. The number of nitrogens with zero attached hydrogens (tertiary/aromatic N) is 3. The Bertz CT molecular complexity index is 969. The first-order valence-corrected chi connectivity index (χ1v) is 10.1. The van der Waals surface area contributed by atoms with Crippen LogP contribution in [0.5, 0.6) is 11.5 Å². The molecule has 1 N–H and O–H groups in total. The average Bonchev–Trinajstić information content (AvgIpc) is 3.36. The van der Waals surface area contributed by atoms with E-state index < -0.39 is 0 Å². The monoisotopic (exact) mass is 400 g/mol. The summed E-state index contributed by atoms with van der Waals surface area (Å²) in [4.78, 5) is 20.9. The fourth-order valence-electron chi connectivity index (χ4n) is 2.79. The van der Waals surface area contributed by atoms with Gasteiger partial charge >= 0.3 is 0 Å². The quantitative estimate of drug-likeness (QED) is 0.648. The molecule has 28 heavy (non-hydrogen) atoms. The molecule has 0 saturated heterocycles. The van der Waals surface area contributed by atoms with Gasteiger partial charge in [0.2, 0.25) is 11.8 Å². The molecule has 0 aliphatic carbocycles. The average molecular weight is 400 g/mol. The molecule has 0 saturated carbocycles. The molecule has 0 unspecified atom stereocenters. The van der Waals surface area contributed by atoms with Crippen molar-refractivity contribution >= 4 is 22.4 Å². The highest BCUT2D eigenvalue weighted by atomic mass is 32.1. The number of carbonyl (C=O) groups is 1. The van der Waals surface area contributed by atoms with Crippen molar-refractivity contribution in [1.82, 2.24) is 15.1 Å². The number of thiazole rings is 1. The third-order valence-electron chi connectivity index (χ3n) is 4.14. The first-order chi connectivity index (χ1) is 13.7. The lowest BCUT2D eigenvalue weighted by molar-refractivity contribution is -0.116. The molecule has 8 nitrogen and oxygen atoms in total. The van der Waals surface area contributed by atoms with E-state index in [1.807, 2.05) is 23.6 Å². The highest BCUT2D eigenvalue weighted by Gasteiger charge is 2.15. The Morgan fingerprint density at radius 3 is 2.89 bits per heavy atom. The van der Waals surface area contributed by atoms with Gasteiger partial charge in [0, 0.05) is 30.2 Å². The normalized spacial score (nSPS) is 12.8. The molecule has 3 aromatic rings. The maximum absolute atomic E-state index is 12.2. The summed E-state index contributed by atoms with van der Waals surface area (Å²) in [5.74, 6) is 2.47. The molecule has 4 rings (SSSR count). The molecule has 2 aromatic heterocycles. The third kappa shape index (κ3) is 4.30. The Labute approximate surface area is 165 Å². The van der Waals surface area contributed by atoms with Crippen molar-refractivity contribution < 1.29 is 18.8 Å². The number of rotatable bonds is 7. The zero-order chi connectivity index (χ0) is 19.3. The van der Waals surface area contributed by atoms with Crippen molar-refractivity contribution in [3.63, 3.8) is 0 Å². The smallest absolute Gasteiger partial charge is 0.227 e. The number of anilines is 1. The van der Waals surface area contributed by atoms with Gasteiger partial charge in [0.25, 0.3) is 0 Å². The molecule has 3 heterocycles. The topological polar surface area (TPSA) is 99.4 Å². The van der Waals surface area contributed by atoms with Gasteiger partial charge in [-0.15, -0.1) is 11.3 Å². The lowest BCUT2D eigenvalue weighted by Gasteiger charge is -2.18. The zero-order valence-corrected chi connectivity index (χ0v) is 16.3. The minimum absolute atomic E-state index is 0.140. The Morgan fingerprint density at radius 2 is 2.04 bits per heavy atom. The molecule has 1 aliphatic heterocycles. The molecule has 146 valence electrons. The van der Waals surface area contributed by atoms with Crippen molar-refractivity contribution in [1.29, 1.82) is 0 Å². The molecular formula is C19H20N4O4S. The largest absolute Gasteiger partial charge is 0.486 e. The molecule has 1 amide bonds. The van der Waals surface area contributed by atoms with Crippen molar-refractivity contribution in [2.75, 3.05) is 18.5 Å². The maximum Gasteiger partial charge on any atom is 0.227 e. The van der Waals surface area contributed by atoms with Crippen LogP contribution in [0.1, 0.15) is 31.5 Å². The van der Waals surface area contributed by atoms with E-state index >= 15 is 0 Å². The van der Waals surface area contributed by atoms with Crippen molar-refractivity contribution in [3.05, 3.63) is 35.3 Å². The van der Waals surface area contributed by atoms with Gasteiger partial charge in [0.05, 0.1) is 5.69 Å². The van der Waals surface area contributed by atoms with Crippen molar-refractivity contribution in [3.8, 4) is 22.8 Å². The second-order valence-corrected chi connectivity index (χ2v) is 7.16. The van der Waals surface area contributed by atoms with E-state index in [-0.39, 0.29) is 12.3 Å². The lowest BCUT2D eigenvalue weighted by Crippen LogP contribution is -2.15. The number of hydrogen-bond donors (Lipinski definition) is 1. The number of aromatic nitrogens is 3. The number of carbonyl (C=O) groups excluding carboxylic acids is 1. The molecular weight excluding hydrogens is 380 g/mol. The fourth-order valence-corrected chi connectivity index (χ4v) is 3.52. The summed E-state index contributed by atoms with van der Waals surface area (Å²) < 4.78 is 16.3. The van der Waals surface area contributed by atoms with Gasteiger partial charge < -0.3 is 19.3 Å². The molecule has 9 heteroatoms. The minimum Gasteiger partial charge on any atom is -0.486 e. The number of amides is 1. The van der Waals surface area contributed by atoms with E-state index in [1.165, 1.54) is 11.3 Å². The second kappa shape index (κ2) is 8.39. The Kier molecular flexibility index (Phi) is 5.52. The van der Waals surface area contributed by atoms with Crippen LogP contribution in [0, 0.1) is 0 Å². The van der Waals surface area contributed by atoms with Crippen molar-refractivity contribution in [2.24, 2.45) is 0 Å². The summed E-state index contributed by atoms with van der Waals surface area (Å²) in [7, 11) is 0. The standard InChI is InChI=1S/C19H20N4O4S/c1-2-3-16-21-18(27-23-16)7-6-17(24)22-19-20-13(11-28-19)12-4-5-14-15(10-12)26-9-8-25-14/h4-5,10-11H,2-3,6-9H2,1H3,(H,20,22,24). The van der Waals surface area contributed by atoms with Crippen LogP contribution in [0.25, 0.3) is 11.3 Å². The van der Waals surface area contributed by atoms with Gasteiger partial charge in [-0.25, -0.2) is 4.98 Å². The van der Waals surface area contributed by atoms with Crippen LogP contribution in [-0.4, -0.2) is 34.2 Å². The predicted octanol–water partition coefficient (Wildman–Crippen LogP) is 3.49. The molecule has 0 fully saturated rings. The van der Waals surface area contributed by atoms with Crippen LogP contribution in [0.4, 0.5) is 5.13 Å². The first kappa shape index (κ1) is 18.4. The second-order valence-electron chi connectivity index (χ2n) is 6.30. The fraction of sp³-hybridized carbons (Fsp3) is 0.368. The van der Waals surface area contributed by atoms with Crippen LogP contribution in [0.3, 0.4) is 0 Å². The van der Waals surface area contributed by atoms with Crippen molar-refractivity contribution in [2.45, 2.75) is 32.6 Å². The number of fused-ring (bicyclic) bond motifs is 1. The number of ether oxygens (including phenoxy) is 2. The minimum atomic E-state index is -0.140. The predicted molar refractivity (Wildman–Crippen MR) is 104 cm³/mol. The maximum atomic E-state index is 12.2. The van der Waals surface area contributed by atoms with Gasteiger partial charge in [-0.05, 0) is 24.6 Å². The van der Waals surface area contributed by atoms with Crippen LogP contribution in [0.15, 0.2) is 28.1 Å². The molecule has 0 bridgehead atoms. The van der Waals surface area contributed by atoms with E-state index in [4.69, 9.17) is 14.0 Å². The summed E-state index contributed by atoms with van der Waals surface area (Å²) in [5, 5.41) is 9.15. The summed E-state index contributed by atoms with van der Waals surface area (Å²) in [6.07, 6.45) is 2.39. The third-order valence-corrected chi connectivity index (χ3v) is 4.90.